The molecule has 1 aromatic heterocycles. The molecule has 0 amide bonds. The summed E-state index contributed by atoms with van der Waals surface area (Å²) in [7, 11) is 0. The predicted octanol–water partition coefficient (Wildman–Crippen LogP) is 2.76. The highest BCUT2D eigenvalue weighted by atomic mass is 79.9. The molecule has 0 saturated heterocycles. The number of pyridine rings is 1. The van der Waals surface area contributed by atoms with E-state index in [1.165, 1.54) is 19.3 Å². The summed E-state index contributed by atoms with van der Waals surface area (Å²) in [5.74, 6) is 2.79. The molecule has 1 heterocycles. The number of rotatable bonds is 3. The van der Waals surface area contributed by atoms with E-state index in [4.69, 9.17) is 5.73 Å². The maximum atomic E-state index is 6.28. The number of halogens is 1. The second kappa shape index (κ2) is 4.11. The molecule has 2 aliphatic carbocycles. The zero-order valence-corrected chi connectivity index (χ0v) is 10.9. The molecule has 0 spiro atoms. The lowest BCUT2D eigenvalue weighted by Gasteiger charge is -2.20. The van der Waals surface area contributed by atoms with Gasteiger partial charge in [0.05, 0.1) is 0 Å². The average molecular weight is 281 g/mol. The van der Waals surface area contributed by atoms with Crippen molar-refractivity contribution < 1.29 is 0 Å². The van der Waals surface area contributed by atoms with Gasteiger partial charge in [-0.1, -0.05) is 0 Å². The third kappa shape index (κ3) is 2.16. The number of aromatic nitrogens is 1. The van der Waals surface area contributed by atoms with Crippen LogP contribution in [0.15, 0.2) is 22.8 Å². The van der Waals surface area contributed by atoms with Gasteiger partial charge in [-0.3, -0.25) is 4.98 Å². The Kier molecular flexibility index (Phi) is 2.76. The fraction of sp³-hybridized carbons (Fsp3) is 0.615. The molecule has 3 rings (SSSR count). The van der Waals surface area contributed by atoms with E-state index in [2.05, 4.69) is 27.0 Å². The van der Waals surface area contributed by atoms with Crippen LogP contribution in [0.1, 0.15) is 25.0 Å². The van der Waals surface area contributed by atoms with E-state index >= 15 is 0 Å². The average Bonchev–Trinajstić information content (AvgIpc) is 2.89. The number of nitrogens with two attached hydrogens (primary N) is 1. The molecular weight excluding hydrogens is 264 g/mol. The van der Waals surface area contributed by atoms with Gasteiger partial charge < -0.3 is 5.73 Å². The molecule has 0 aromatic carbocycles. The molecule has 2 fully saturated rings. The fourth-order valence-corrected chi connectivity index (χ4v) is 3.28. The monoisotopic (exact) mass is 280 g/mol. The lowest BCUT2D eigenvalue weighted by atomic mass is 9.92. The van der Waals surface area contributed by atoms with Crippen molar-refractivity contribution in [1.29, 1.82) is 0 Å². The Labute approximate surface area is 105 Å². The van der Waals surface area contributed by atoms with Crippen molar-refractivity contribution in [3.63, 3.8) is 0 Å². The van der Waals surface area contributed by atoms with Crippen LogP contribution in [-0.4, -0.2) is 11.0 Å². The fourth-order valence-electron chi connectivity index (χ4n) is 3.05. The van der Waals surface area contributed by atoms with Crippen molar-refractivity contribution in [2.45, 2.75) is 31.7 Å². The molecule has 2 N–H and O–H groups in total. The maximum absolute atomic E-state index is 6.28. The predicted molar refractivity (Wildman–Crippen MR) is 67.9 cm³/mol. The van der Waals surface area contributed by atoms with Crippen LogP contribution >= 0.6 is 15.9 Å². The van der Waals surface area contributed by atoms with Gasteiger partial charge in [0.1, 0.15) is 0 Å². The van der Waals surface area contributed by atoms with Crippen molar-refractivity contribution in [3.8, 4) is 0 Å². The van der Waals surface area contributed by atoms with E-state index in [0.717, 1.165) is 34.3 Å². The Morgan fingerprint density at radius 1 is 1.31 bits per heavy atom. The largest absolute Gasteiger partial charge is 0.327 e. The summed E-state index contributed by atoms with van der Waals surface area (Å²) >= 11 is 3.40. The van der Waals surface area contributed by atoms with Crippen molar-refractivity contribution in [1.82, 2.24) is 4.98 Å². The Bertz CT molecular complexity index is 366. The Morgan fingerprint density at radius 3 is 2.69 bits per heavy atom. The standard InChI is InChI=1S/C13H17BrN2/c14-11-1-2-12(16-7-11)6-13(15)10-4-8-3-9(8)5-10/h1-2,7-10,13H,3-6,15H2. The van der Waals surface area contributed by atoms with E-state index in [0.29, 0.717) is 6.04 Å². The van der Waals surface area contributed by atoms with Crippen LogP contribution in [0.3, 0.4) is 0 Å². The molecule has 0 bridgehead atoms. The van der Waals surface area contributed by atoms with Crippen LogP contribution in [0.5, 0.6) is 0 Å². The third-order valence-corrected chi connectivity index (χ3v) is 4.59. The molecule has 3 unspecified atom stereocenters. The summed E-state index contributed by atoms with van der Waals surface area (Å²) in [6.45, 7) is 0. The molecule has 2 aliphatic rings. The first-order chi connectivity index (χ1) is 7.72. The minimum atomic E-state index is 0.307. The summed E-state index contributed by atoms with van der Waals surface area (Å²) in [5.41, 5.74) is 7.40. The highest BCUT2D eigenvalue weighted by Crippen LogP contribution is 2.55. The Balaban J connectivity index is 1.59. The first kappa shape index (κ1) is 10.7. The first-order valence-electron chi connectivity index (χ1n) is 6.08. The minimum absolute atomic E-state index is 0.307. The van der Waals surface area contributed by atoms with Crippen LogP contribution < -0.4 is 5.73 Å². The van der Waals surface area contributed by atoms with Gasteiger partial charge in [0.25, 0.3) is 0 Å². The molecular formula is C13H17BrN2. The van der Waals surface area contributed by atoms with Crippen LogP contribution in [0.4, 0.5) is 0 Å². The van der Waals surface area contributed by atoms with Gasteiger partial charge in [0.2, 0.25) is 0 Å². The van der Waals surface area contributed by atoms with Crippen LogP contribution in [0, 0.1) is 17.8 Å². The molecule has 1 aromatic rings. The second-order valence-electron chi connectivity index (χ2n) is 5.32. The van der Waals surface area contributed by atoms with E-state index in [9.17, 15) is 0 Å². The first-order valence-corrected chi connectivity index (χ1v) is 6.87. The lowest BCUT2D eigenvalue weighted by Crippen LogP contribution is -2.31. The Hall–Kier alpha value is -0.410. The maximum Gasteiger partial charge on any atom is 0.0420 e. The zero-order valence-electron chi connectivity index (χ0n) is 9.27. The third-order valence-electron chi connectivity index (χ3n) is 4.12. The van der Waals surface area contributed by atoms with Crippen molar-refractivity contribution in [2.24, 2.45) is 23.5 Å². The molecule has 3 atom stereocenters. The SMILES string of the molecule is NC(Cc1ccc(Br)cn1)C1CC2CC2C1. The molecule has 0 aliphatic heterocycles. The van der Waals surface area contributed by atoms with Gasteiger partial charge in [-0.15, -0.1) is 0 Å². The van der Waals surface area contributed by atoms with E-state index in [1.54, 1.807) is 0 Å². The summed E-state index contributed by atoms with van der Waals surface area (Å²) < 4.78 is 1.03. The van der Waals surface area contributed by atoms with E-state index < -0.39 is 0 Å². The van der Waals surface area contributed by atoms with Crippen molar-refractivity contribution >= 4 is 15.9 Å². The van der Waals surface area contributed by atoms with E-state index in [1.807, 2.05) is 12.3 Å². The number of nitrogens with zero attached hydrogens (tertiary/aromatic N) is 1. The summed E-state index contributed by atoms with van der Waals surface area (Å²) in [4.78, 5) is 4.39. The van der Waals surface area contributed by atoms with Crippen molar-refractivity contribution in [3.05, 3.63) is 28.5 Å². The summed E-state index contributed by atoms with van der Waals surface area (Å²) in [5, 5.41) is 0. The molecule has 3 heteroatoms. The van der Waals surface area contributed by atoms with Crippen LogP contribution in [-0.2, 0) is 6.42 Å². The minimum Gasteiger partial charge on any atom is -0.327 e. The van der Waals surface area contributed by atoms with Crippen LogP contribution in [0.2, 0.25) is 0 Å². The summed E-state index contributed by atoms with van der Waals surface area (Å²) in [6.07, 6.45) is 6.98. The van der Waals surface area contributed by atoms with Gasteiger partial charge >= 0.3 is 0 Å². The molecule has 16 heavy (non-hydrogen) atoms. The number of hydrogen-bond donors (Lipinski definition) is 1. The van der Waals surface area contributed by atoms with Gasteiger partial charge in [0, 0.05) is 28.8 Å². The van der Waals surface area contributed by atoms with Gasteiger partial charge in [-0.2, -0.15) is 0 Å². The second-order valence-corrected chi connectivity index (χ2v) is 6.24. The molecule has 86 valence electrons. The topological polar surface area (TPSA) is 38.9 Å². The smallest absolute Gasteiger partial charge is 0.0420 e. The normalized spacial score (nSPS) is 33.5. The van der Waals surface area contributed by atoms with Crippen LogP contribution in [0.25, 0.3) is 0 Å². The molecule has 0 radical (unpaired) electrons. The highest BCUT2D eigenvalue weighted by Gasteiger charge is 2.47. The Morgan fingerprint density at radius 2 is 2.06 bits per heavy atom. The summed E-state index contributed by atoms with van der Waals surface area (Å²) in [6, 6.07) is 4.42. The quantitative estimate of drug-likeness (QED) is 0.925. The number of fused-ring (bicyclic) bond motifs is 1. The van der Waals surface area contributed by atoms with Gasteiger partial charge in [-0.25, -0.2) is 0 Å². The number of hydrogen-bond acceptors (Lipinski definition) is 2. The lowest BCUT2D eigenvalue weighted by molar-refractivity contribution is 0.390. The highest BCUT2D eigenvalue weighted by molar-refractivity contribution is 9.10. The molecule has 2 saturated carbocycles. The van der Waals surface area contributed by atoms with E-state index in [-0.39, 0.29) is 0 Å². The van der Waals surface area contributed by atoms with Gasteiger partial charge in [-0.05, 0) is 65.1 Å². The van der Waals surface area contributed by atoms with Crippen molar-refractivity contribution in [2.75, 3.05) is 0 Å². The van der Waals surface area contributed by atoms with Gasteiger partial charge in [0.15, 0.2) is 0 Å². The molecule has 2 nitrogen and oxygen atoms in total. The zero-order chi connectivity index (χ0) is 11.1.